The van der Waals surface area contributed by atoms with Crippen LogP contribution in [0, 0.1) is 0 Å². The summed E-state index contributed by atoms with van der Waals surface area (Å²) in [5.41, 5.74) is 0. The second-order valence-corrected chi connectivity index (χ2v) is 5.77. The van der Waals surface area contributed by atoms with Crippen molar-refractivity contribution < 1.29 is 0 Å². The first-order valence-electron chi connectivity index (χ1n) is 6.13. The van der Waals surface area contributed by atoms with Gasteiger partial charge in [-0.3, -0.25) is 0 Å². The van der Waals surface area contributed by atoms with Crippen LogP contribution in [0.2, 0.25) is 0 Å². The second-order valence-electron chi connectivity index (χ2n) is 4.60. The number of fused-ring (bicyclic) bond motifs is 1. The minimum atomic E-state index is 0.710. The predicted octanol–water partition coefficient (Wildman–Crippen LogP) is 3.59. The van der Waals surface area contributed by atoms with Gasteiger partial charge >= 0.3 is 0 Å². The summed E-state index contributed by atoms with van der Waals surface area (Å²) in [4.78, 5) is 1.53. The van der Waals surface area contributed by atoms with E-state index in [9.17, 15) is 0 Å². The van der Waals surface area contributed by atoms with Crippen molar-refractivity contribution in [3.63, 3.8) is 0 Å². The molecule has 1 aliphatic heterocycles. The molecule has 1 aromatic carbocycles. The fraction of sp³-hybridized carbons (Fsp3) is 0.429. The molecule has 1 unspecified atom stereocenters. The summed E-state index contributed by atoms with van der Waals surface area (Å²) < 4.78 is 1.42. The lowest BCUT2D eigenvalue weighted by Gasteiger charge is -2.22. The molecular weight excluding hydrogens is 214 g/mol. The first kappa shape index (κ1) is 10.3. The third-order valence-corrected chi connectivity index (χ3v) is 4.47. The third-order valence-electron chi connectivity index (χ3n) is 3.34. The molecule has 0 aliphatic carbocycles. The maximum absolute atomic E-state index is 3.62. The summed E-state index contributed by atoms with van der Waals surface area (Å²) in [6, 6.07) is 11.7. The van der Waals surface area contributed by atoms with Gasteiger partial charge in [0, 0.05) is 15.6 Å². The van der Waals surface area contributed by atoms with Crippen molar-refractivity contribution in [3.8, 4) is 0 Å². The quantitative estimate of drug-likeness (QED) is 0.833. The normalized spacial score (nSPS) is 21.4. The van der Waals surface area contributed by atoms with Crippen LogP contribution in [0.5, 0.6) is 0 Å². The lowest BCUT2D eigenvalue weighted by Crippen LogP contribution is -2.35. The average Bonchev–Trinajstić information content (AvgIpc) is 2.72. The van der Waals surface area contributed by atoms with Crippen LogP contribution in [-0.2, 0) is 6.42 Å². The van der Waals surface area contributed by atoms with Crippen LogP contribution in [0.4, 0.5) is 0 Å². The highest BCUT2D eigenvalue weighted by molar-refractivity contribution is 7.19. The minimum absolute atomic E-state index is 0.710. The molecule has 0 radical (unpaired) electrons. The Morgan fingerprint density at radius 2 is 2.19 bits per heavy atom. The van der Waals surface area contributed by atoms with Gasteiger partial charge in [0.2, 0.25) is 0 Å². The van der Waals surface area contributed by atoms with Crippen molar-refractivity contribution >= 4 is 21.4 Å². The molecule has 1 saturated heterocycles. The number of thiophene rings is 1. The zero-order chi connectivity index (χ0) is 10.8. The molecule has 0 bridgehead atoms. The highest BCUT2D eigenvalue weighted by Gasteiger charge is 2.14. The minimum Gasteiger partial charge on any atom is -0.314 e. The van der Waals surface area contributed by atoms with Crippen molar-refractivity contribution in [1.82, 2.24) is 5.32 Å². The molecule has 2 heteroatoms. The molecule has 2 aromatic rings. The maximum atomic E-state index is 3.62. The fourth-order valence-corrected chi connectivity index (χ4v) is 3.62. The highest BCUT2D eigenvalue weighted by Crippen LogP contribution is 2.27. The summed E-state index contributed by atoms with van der Waals surface area (Å²) in [7, 11) is 0. The van der Waals surface area contributed by atoms with Gasteiger partial charge < -0.3 is 5.32 Å². The van der Waals surface area contributed by atoms with Crippen LogP contribution in [0.1, 0.15) is 24.1 Å². The standard InChI is InChI=1S/C14H17NS/c1-2-7-14-11(5-1)9-13(16-14)10-12-6-3-4-8-15-12/h1-2,5,7,9,12,15H,3-4,6,8,10H2. The number of piperidine rings is 1. The molecule has 1 aliphatic rings. The molecule has 84 valence electrons. The monoisotopic (exact) mass is 231 g/mol. The Bertz CT molecular complexity index is 435. The Labute approximate surface area is 100 Å². The molecule has 1 fully saturated rings. The predicted molar refractivity (Wildman–Crippen MR) is 71.2 cm³/mol. The summed E-state index contributed by atoms with van der Waals surface area (Å²) in [5, 5.41) is 5.02. The second kappa shape index (κ2) is 4.56. The third kappa shape index (κ3) is 2.13. The Morgan fingerprint density at radius 1 is 1.25 bits per heavy atom. The molecule has 1 aromatic heterocycles. The van der Waals surface area contributed by atoms with E-state index in [4.69, 9.17) is 0 Å². The van der Waals surface area contributed by atoms with Gasteiger partial charge in [-0.15, -0.1) is 11.3 Å². The number of nitrogens with one attached hydrogen (secondary N) is 1. The maximum Gasteiger partial charge on any atom is 0.0345 e. The first-order valence-corrected chi connectivity index (χ1v) is 6.94. The van der Waals surface area contributed by atoms with E-state index in [1.54, 1.807) is 0 Å². The largest absolute Gasteiger partial charge is 0.314 e. The molecular formula is C14H17NS. The van der Waals surface area contributed by atoms with Crippen LogP contribution < -0.4 is 5.32 Å². The number of rotatable bonds is 2. The lowest BCUT2D eigenvalue weighted by atomic mass is 10.0. The molecule has 3 rings (SSSR count). The number of benzene rings is 1. The highest BCUT2D eigenvalue weighted by atomic mass is 32.1. The van der Waals surface area contributed by atoms with Crippen LogP contribution in [-0.4, -0.2) is 12.6 Å². The van der Waals surface area contributed by atoms with Gasteiger partial charge in [-0.2, -0.15) is 0 Å². The Kier molecular flexibility index (Phi) is 2.94. The smallest absolute Gasteiger partial charge is 0.0345 e. The Morgan fingerprint density at radius 3 is 3.00 bits per heavy atom. The number of hydrogen-bond donors (Lipinski definition) is 1. The van der Waals surface area contributed by atoms with Crippen LogP contribution in [0.25, 0.3) is 10.1 Å². The van der Waals surface area contributed by atoms with Gasteiger partial charge in [0.1, 0.15) is 0 Å². The molecule has 0 saturated carbocycles. The van der Waals surface area contributed by atoms with E-state index < -0.39 is 0 Å². The van der Waals surface area contributed by atoms with E-state index in [2.05, 4.69) is 35.6 Å². The Balaban J connectivity index is 1.78. The van der Waals surface area contributed by atoms with E-state index in [1.807, 2.05) is 11.3 Å². The molecule has 1 N–H and O–H groups in total. The molecule has 0 spiro atoms. The molecule has 0 amide bonds. The van der Waals surface area contributed by atoms with Crippen molar-refractivity contribution in [1.29, 1.82) is 0 Å². The SMILES string of the molecule is c1ccc2sc(CC3CCCCN3)cc2c1. The summed E-state index contributed by atoms with van der Waals surface area (Å²) in [6.07, 6.45) is 5.29. The summed E-state index contributed by atoms with van der Waals surface area (Å²) in [5.74, 6) is 0. The Hall–Kier alpha value is -0.860. The van der Waals surface area contributed by atoms with Crippen LogP contribution in [0.15, 0.2) is 30.3 Å². The van der Waals surface area contributed by atoms with Gasteiger partial charge in [-0.05, 0) is 43.3 Å². The molecule has 16 heavy (non-hydrogen) atoms. The zero-order valence-electron chi connectivity index (χ0n) is 9.41. The molecule has 1 atom stereocenters. The fourth-order valence-electron chi connectivity index (χ4n) is 2.48. The van der Waals surface area contributed by atoms with Gasteiger partial charge in [0.05, 0.1) is 0 Å². The van der Waals surface area contributed by atoms with E-state index in [0.717, 1.165) is 0 Å². The van der Waals surface area contributed by atoms with Gasteiger partial charge in [0.25, 0.3) is 0 Å². The summed E-state index contributed by atoms with van der Waals surface area (Å²) >= 11 is 1.95. The van der Waals surface area contributed by atoms with E-state index in [-0.39, 0.29) is 0 Å². The summed E-state index contributed by atoms with van der Waals surface area (Å²) in [6.45, 7) is 1.20. The van der Waals surface area contributed by atoms with Gasteiger partial charge in [-0.25, -0.2) is 0 Å². The van der Waals surface area contributed by atoms with Gasteiger partial charge in [-0.1, -0.05) is 24.6 Å². The topological polar surface area (TPSA) is 12.0 Å². The average molecular weight is 231 g/mol. The molecule has 2 heterocycles. The van der Waals surface area contributed by atoms with E-state index in [0.29, 0.717) is 6.04 Å². The first-order chi connectivity index (χ1) is 7.92. The van der Waals surface area contributed by atoms with Gasteiger partial charge in [0.15, 0.2) is 0 Å². The van der Waals surface area contributed by atoms with Crippen molar-refractivity contribution in [2.45, 2.75) is 31.7 Å². The number of hydrogen-bond acceptors (Lipinski definition) is 2. The van der Waals surface area contributed by atoms with Crippen LogP contribution >= 0.6 is 11.3 Å². The van der Waals surface area contributed by atoms with E-state index in [1.165, 1.54) is 47.2 Å². The van der Waals surface area contributed by atoms with E-state index >= 15 is 0 Å². The zero-order valence-corrected chi connectivity index (χ0v) is 10.2. The van der Waals surface area contributed by atoms with Crippen molar-refractivity contribution in [2.24, 2.45) is 0 Å². The van der Waals surface area contributed by atoms with Crippen molar-refractivity contribution in [2.75, 3.05) is 6.54 Å². The molecule has 1 nitrogen and oxygen atoms in total. The van der Waals surface area contributed by atoms with Crippen LogP contribution in [0.3, 0.4) is 0 Å². The lowest BCUT2D eigenvalue weighted by molar-refractivity contribution is 0.401. The van der Waals surface area contributed by atoms with Crippen molar-refractivity contribution in [3.05, 3.63) is 35.2 Å².